The van der Waals surface area contributed by atoms with Crippen molar-refractivity contribution in [3.8, 4) is 0 Å². The summed E-state index contributed by atoms with van der Waals surface area (Å²) in [5.41, 5.74) is -0.154. The zero-order chi connectivity index (χ0) is 13.7. The van der Waals surface area contributed by atoms with E-state index in [0.717, 1.165) is 6.54 Å². The molecular weight excluding hydrogens is 242 g/mol. The van der Waals surface area contributed by atoms with E-state index in [1.165, 1.54) is 0 Å². The van der Waals surface area contributed by atoms with Gasteiger partial charge in [0.2, 0.25) is 0 Å². The predicted molar refractivity (Wildman–Crippen MR) is 66.7 cm³/mol. The van der Waals surface area contributed by atoms with Gasteiger partial charge in [0.25, 0.3) is 0 Å². The molecule has 0 amide bonds. The smallest absolute Gasteiger partial charge is 0.102 e. The Kier molecular flexibility index (Phi) is 6.07. The van der Waals surface area contributed by atoms with Crippen LogP contribution < -0.4 is 0 Å². The second kappa shape index (κ2) is 6.13. The molecule has 0 aliphatic rings. The van der Waals surface area contributed by atoms with E-state index in [0.29, 0.717) is 24.1 Å². The molecule has 0 unspecified atom stereocenters. The van der Waals surface area contributed by atoms with Gasteiger partial charge < -0.3 is 13.8 Å². The molecule has 0 aromatic carbocycles. The number of rotatable bonds is 7. The molecule has 0 aliphatic carbocycles. The Morgan fingerprint density at radius 2 is 1.71 bits per heavy atom. The van der Waals surface area contributed by atoms with Crippen molar-refractivity contribution < 1.29 is 22.2 Å². The lowest BCUT2D eigenvalue weighted by Gasteiger charge is -2.31. The Balaban J connectivity index is 3.88. The van der Waals surface area contributed by atoms with Crippen LogP contribution in [0, 0.1) is 0 Å². The Morgan fingerprint density at radius 3 is 2.12 bits per heavy atom. The fourth-order valence-corrected chi connectivity index (χ4v) is 1.86. The zero-order valence-corrected chi connectivity index (χ0v) is 12.3. The first-order valence-corrected chi connectivity index (χ1v) is 7.39. The van der Waals surface area contributed by atoms with E-state index in [-0.39, 0.29) is 11.4 Å². The van der Waals surface area contributed by atoms with Crippen molar-refractivity contribution in [2.75, 3.05) is 39.5 Å². The lowest BCUT2D eigenvalue weighted by molar-refractivity contribution is -0.890. The maximum absolute atomic E-state index is 10.5. The summed E-state index contributed by atoms with van der Waals surface area (Å²) in [5, 5.41) is 0. The first kappa shape index (κ1) is 16.8. The summed E-state index contributed by atoms with van der Waals surface area (Å²) in [6.07, 6.45) is 0.397. The molecule has 6 heteroatoms. The Morgan fingerprint density at radius 1 is 1.18 bits per heavy atom. The van der Waals surface area contributed by atoms with Gasteiger partial charge in [-0.05, 0) is 20.8 Å². The number of hydrogen-bond acceptors (Lipinski definition) is 4. The summed E-state index contributed by atoms with van der Waals surface area (Å²) in [5.74, 6) is -0.283. The summed E-state index contributed by atoms with van der Waals surface area (Å²) >= 11 is 0. The molecule has 0 aromatic rings. The molecule has 0 N–H and O–H groups in total. The lowest BCUT2D eigenvalue weighted by Crippen LogP contribution is -2.44. The number of likely N-dealkylation sites (N-methyl/N-ethyl adjacent to an activating group) is 1. The molecule has 0 saturated heterocycles. The molecule has 17 heavy (non-hydrogen) atoms. The van der Waals surface area contributed by atoms with Gasteiger partial charge in [-0.25, -0.2) is 8.42 Å². The quantitative estimate of drug-likeness (QED) is 0.506. The first-order chi connectivity index (χ1) is 7.41. The fourth-order valence-electron chi connectivity index (χ4n) is 1.38. The largest absolute Gasteiger partial charge is 0.748 e. The van der Waals surface area contributed by atoms with Crippen molar-refractivity contribution in [3.63, 3.8) is 0 Å². The maximum Gasteiger partial charge on any atom is 0.102 e. The van der Waals surface area contributed by atoms with Crippen LogP contribution in [0.3, 0.4) is 0 Å². The minimum atomic E-state index is -4.08. The molecule has 0 spiro atoms. The third-order valence-electron chi connectivity index (χ3n) is 2.39. The van der Waals surface area contributed by atoms with Crippen LogP contribution in [0.4, 0.5) is 0 Å². The number of nitrogens with zero attached hydrogens (tertiary/aromatic N) is 1. The van der Waals surface area contributed by atoms with E-state index in [2.05, 4.69) is 0 Å². The number of quaternary nitrogens is 1. The standard InChI is InChI=1S/C11H25NO4S/c1-11(2,3)16-9-8-12(4,5)7-6-10-17(13,14)15/h6-10H2,1-5H3. The number of ether oxygens (including phenoxy) is 1. The lowest BCUT2D eigenvalue weighted by atomic mass is 10.2. The van der Waals surface area contributed by atoms with Crippen LogP contribution in [0.2, 0.25) is 0 Å². The van der Waals surface area contributed by atoms with Gasteiger partial charge in [0.1, 0.15) is 6.54 Å². The molecule has 0 saturated carbocycles. The van der Waals surface area contributed by atoms with Gasteiger partial charge in [-0.1, -0.05) is 0 Å². The van der Waals surface area contributed by atoms with Crippen LogP contribution in [0.15, 0.2) is 0 Å². The van der Waals surface area contributed by atoms with Gasteiger partial charge in [-0.15, -0.1) is 0 Å². The van der Waals surface area contributed by atoms with Crippen LogP contribution in [-0.2, 0) is 14.9 Å². The average Bonchev–Trinajstić information content (AvgIpc) is 1.96. The van der Waals surface area contributed by atoms with Crippen molar-refractivity contribution in [1.29, 1.82) is 0 Å². The van der Waals surface area contributed by atoms with Crippen LogP contribution in [0.5, 0.6) is 0 Å². The van der Waals surface area contributed by atoms with E-state index in [9.17, 15) is 13.0 Å². The first-order valence-electron chi connectivity index (χ1n) is 5.81. The van der Waals surface area contributed by atoms with Gasteiger partial charge in [-0.2, -0.15) is 0 Å². The highest BCUT2D eigenvalue weighted by atomic mass is 32.2. The van der Waals surface area contributed by atoms with Gasteiger partial charge in [0.05, 0.1) is 43.0 Å². The fraction of sp³-hybridized carbons (Fsp3) is 1.00. The second-order valence-electron chi connectivity index (χ2n) is 5.96. The number of hydrogen-bond donors (Lipinski definition) is 0. The zero-order valence-electron chi connectivity index (χ0n) is 11.5. The average molecular weight is 267 g/mol. The highest BCUT2D eigenvalue weighted by Gasteiger charge is 2.17. The molecule has 0 radical (unpaired) electrons. The van der Waals surface area contributed by atoms with Crippen molar-refractivity contribution >= 4 is 10.1 Å². The molecule has 0 atom stereocenters. The SMILES string of the molecule is CC(C)(C)OCC[N+](C)(C)CCCS(=O)(=O)[O-]. The van der Waals surface area contributed by atoms with E-state index in [4.69, 9.17) is 4.74 Å². The van der Waals surface area contributed by atoms with Crippen molar-refractivity contribution in [1.82, 2.24) is 0 Å². The van der Waals surface area contributed by atoms with Crippen LogP contribution in [0.1, 0.15) is 27.2 Å². The van der Waals surface area contributed by atoms with Gasteiger partial charge in [-0.3, -0.25) is 0 Å². The molecule has 0 rings (SSSR count). The summed E-state index contributed by atoms with van der Waals surface area (Å²) in [4.78, 5) is 0. The van der Waals surface area contributed by atoms with Crippen LogP contribution in [0.25, 0.3) is 0 Å². The molecule has 5 nitrogen and oxygen atoms in total. The maximum atomic E-state index is 10.5. The highest BCUT2D eigenvalue weighted by Crippen LogP contribution is 2.08. The van der Waals surface area contributed by atoms with Gasteiger partial charge >= 0.3 is 0 Å². The second-order valence-corrected chi connectivity index (χ2v) is 7.48. The third-order valence-corrected chi connectivity index (χ3v) is 3.18. The summed E-state index contributed by atoms with van der Waals surface area (Å²) in [7, 11) is -0.0747. The van der Waals surface area contributed by atoms with Crippen molar-refractivity contribution in [2.24, 2.45) is 0 Å². The van der Waals surface area contributed by atoms with Crippen molar-refractivity contribution in [3.05, 3.63) is 0 Å². The monoisotopic (exact) mass is 267 g/mol. The normalized spacial score (nSPS) is 14.0. The molecule has 0 bridgehead atoms. The van der Waals surface area contributed by atoms with E-state index < -0.39 is 10.1 Å². The molecule has 0 fully saturated rings. The minimum absolute atomic E-state index is 0.154. The molecule has 0 heterocycles. The highest BCUT2D eigenvalue weighted by molar-refractivity contribution is 7.85. The van der Waals surface area contributed by atoms with E-state index >= 15 is 0 Å². The Labute approximate surface area is 105 Å². The van der Waals surface area contributed by atoms with Crippen molar-refractivity contribution in [2.45, 2.75) is 32.8 Å². The van der Waals surface area contributed by atoms with Gasteiger partial charge in [0, 0.05) is 12.2 Å². The third kappa shape index (κ3) is 12.1. The van der Waals surface area contributed by atoms with E-state index in [1.54, 1.807) is 0 Å². The van der Waals surface area contributed by atoms with Crippen LogP contribution in [-0.4, -0.2) is 62.6 Å². The van der Waals surface area contributed by atoms with E-state index in [1.807, 2.05) is 34.9 Å². The molecule has 0 aromatic heterocycles. The predicted octanol–water partition coefficient (Wildman–Crippen LogP) is 0.813. The minimum Gasteiger partial charge on any atom is -0.748 e. The summed E-state index contributed by atoms with van der Waals surface area (Å²) in [6, 6.07) is 0. The molecular formula is C11H25NO4S. The van der Waals surface area contributed by atoms with Crippen LogP contribution >= 0.6 is 0 Å². The summed E-state index contributed by atoms with van der Waals surface area (Å²) in [6.45, 7) is 8.08. The molecule has 0 aliphatic heterocycles. The topological polar surface area (TPSA) is 66.4 Å². The summed E-state index contributed by atoms with van der Waals surface area (Å²) < 4.78 is 37.7. The Hall–Kier alpha value is -0.170. The Bertz CT molecular complexity index is 317. The molecule has 104 valence electrons. The van der Waals surface area contributed by atoms with Gasteiger partial charge in [0.15, 0.2) is 0 Å².